The standard InChI is InChI=1S/C45H64N8O8/c1-8-28(6)38(44(59)60)52-45(61)50-33-20-14-15-21-46-39(54)34(23-29-16-10-9-11-17-29)48-41(56)36(24-30-25-47-32-19-13-12-18-31(30)32)53(7)43(58)35(22-26(2)3)49-42(57)37(27(4)5)51-40(33)55/h9-13,16-19,25-28,33-38,47H,8,14-15,20-24H2,1-7H3,(H,46,54)(H,48,56)(H,49,57)(H,51,55)(H,59,60)(H2,50,52,61)/t28-,33?,34?,35-,36-,37?,38?/m0/s1. The summed E-state index contributed by atoms with van der Waals surface area (Å²) < 4.78 is 0. The maximum atomic E-state index is 14.6. The summed E-state index contributed by atoms with van der Waals surface area (Å²) in [4.78, 5) is 101. The lowest BCUT2D eigenvalue weighted by molar-refractivity contribution is -0.143. The second kappa shape index (κ2) is 22.6. The fourth-order valence-corrected chi connectivity index (χ4v) is 7.49. The maximum absolute atomic E-state index is 14.6. The number of aromatic nitrogens is 1. The van der Waals surface area contributed by atoms with E-state index in [1.54, 1.807) is 33.9 Å². The third-order valence-electron chi connectivity index (χ3n) is 11.3. The molecule has 1 saturated heterocycles. The Morgan fingerprint density at radius 1 is 0.820 bits per heavy atom. The van der Waals surface area contributed by atoms with Gasteiger partial charge in [0, 0.05) is 43.5 Å². The van der Waals surface area contributed by atoms with Gasteiger partial charge in [0.1, 0.15) is 36.3 Å². The van der Waals surface area contributed by atoms with E-state index in [0.717, 1.165) is 22.0 Å². The molecule has 2 aromatic carbocycles. The number of benzene rings is 2. The molecular formula is C45H64N8O8. The van der Waals surface area contributed by atoms with Crippen molar-refractivity contribution in [3.05, 3.63) is 71.9 Å². The van der Waals surface area contributed by atoms with Crippen molar-refractivity contribution >= 4 is 52.4 Å². The normalized spacial score (nSPS) is 22.5. The number of urea groups is 1. The summed E-state index contributed by atoms with van der Waals surface area (Å²) in [5.74, 6) is -5.00. The van der Waals surface area contributed by atoms with Crippen molar-refractivity contribution in [3.63, 3.8) is 0 Å². The summed E-state index contributed by atoms with van der Waals surface area (Å²) in [6.07, 6.45) is 3.54. The first-order chi connectivity index (χ1) is 29.0. The number of fused-ring (bicyclic) bond motifs is 1. The first-order valence-electron chi connectivity index (χ1n) is 21.3. The van der Waals surface area contributed by atoms with E-state index in [-0.39, 0.29) is 38.1 Å². The number of likely N-dealkylation sites (N-methyl/N-ethyl adjacent to an activating group) is 1. The molecule has 1 aromatic heterocycles. The van der Waals surface area contributed by atoms with E-state index in [9.17, 15) is 38.7 Å². The lowest BCUT2D eigenvalue weighted by Gasteiger charge is -2.33. The number of amides is 7. The Morgan fingerprint density at radius 2 is 1.49 bits per heavy atom. The van der Waals surface area contributed by atoms with Crippen LogP contribution in [0.2, 0.25) is 0 Å². The highest BCUT2D eigenvalue weighted by atomic mass is 16.4. The Kier molecular flexibility index (Phi) is 17.7. The first-order valence-corrected chi connectivity index (χ1v) is 21.3. The number of rotatable bonds is 12. The molecule has 1 fully saturated rings. The van der Waals surface area contributed by atoms with Crippen molar-refractivity contribution in [3.8, 4) is 0 Å². The van der Waals surface area contributed by atoms with Gasteiger partial charge in [-0.15, -0.1) is 0 Å². The molecule has 16 heteroatoms. The average Bonchev–Trinajstić information content (AvgIpc) is 3.63. The Bertz CT molecular complexity index is 1980. The van der Waals surface area contributed by atoms with E-state index in [1.807, 2.05) is 68.4 Å². The second-order valence-corrected chi connectivity index (χ2v) is 16.9. The molecule has 7 amide bonds. The van der Waals surface area contributed by atoms with Crippen molar-refractivity contribution in [2.75, 3.05) is 13.6 Å². The fraction of sp³-hybridized carbons (Fsp3) is 0.533. The van der Waals surface area contributed by atoms with Gasteiger partial charge in [0.15, 0.2) is 0 Å². The van der Waals surface area contributed by atoms with Gasteiger partial charge in [-0.05, 0) is 60.6 Å². The zero-order chi connectivity index (χ0) is 44.8. The van der Waals surface area contributed by atoms with Crippen LogP contribution in [0, 0.1) is 17.8 Å². The maximum Gasteiger partial charge on any atom is 0.326 e. The molecule has 1 aliphatic heterocycles. The molecule has 0 aliphatic carbocycles. The van der Waals surface area contributed by atoms with Crippen LogP contribution in [0.5, 0.6) is 0 Å². The van der Waals surface area contributed by atoms with Gasteiger partial charge < -0.3 is 46.9 Å². The van der Waals surface area contributed by atoms with Crippen molar-refractivity contribution < 1.29 is 38.7 Å². The topological polar surface area (TPSA) is 231 Å². The van der Waals surface area contributed by atoms with Crippen LogP contribution in [0.1, 0.15) is 84.8 Å². The average molecular weight is 845 g/mol. The number of carboxylic acid groups (broad SMARTS) is 1. The Hall–Kier alpha value is -5.93. The quantitative estimate of drug-likeness (QED) is 0.134. The van der Waals surface area contributed by atoms with Gasteiger partial charge in [0.05, 0.1) is 0 Å². The summed E-state index contributed by atoms with van der Waals surface area (Å²) in [5.41, 5.74) is 2.43. The number of hydrogen-bond donors (Lipinski definition) is 8. The molecule has 8 N–H and O–H groups in total. The molecule has 0 saturated carbocycles. The number of carboxylic acids is 1. The van der Waals surface area contributed by atoms with Crippen LogP contribution in [-0.2, 0) is 41.6 Å². The molecule has 16 nitrogen and oxygen atoms in total. The summed E-state index contributed by atoms with van der Waals surface area (Å²) in [7, 11) is 1.51. The number of nitrogens with one attached hydrogen (secondary N) is 7. The molecule has 4 rings (SSSR count). The molecule has 2 heterocycles. The minimum Gasteiger partial charge on any atom is -0.480 e. The third kappa shape index (κ3) is 13.5. The summed E-state index contributed by atoms with van der Waals surface area (Å²) in [5, 5.41) is 27.2. The Balaban J connectivity index is 1.73. The van der Waals surface area contributed by atoms with E-state index in [4.69, 9.17) is 0 Å². The third-order valence-corrected chi connectivity index (χ3v) is 11.3. The lowest BCUT2D eigenvalue weighted by atomic mass is 9.97. The van der Waals surface area contributed by atoms with Gasteiger partial charge in [-0.2, -0.15) is 0 Å². The minimum absolute atomic E-state index is 0.0756. The summed E-state index contributed by atoms with van der Waals surface area (Å²) in [6.45, 7) is 10.9. The van der Waals surface area contributed by atoms with Crippen LogP contribution in [0.15, 0.2) is 60.8 Å². The van der Waals surface area contributed by atoms with Crippen LogP contribution in [0.4, 0.5) is 4.79 Å². The zero-order valence-electron chi connectivity index (χ0n) is 36.4. The molecule has 0 spiro atoms. The van der Waals surface area contributed by atoms with Crippen LogP contribution in [-0.4, -0.2) is 106 Å². The molecule has 61 heavy (non-hydrogen) atoms. The molecular weight excluding hydrogens is 781 g/mol. The van der Waals surface area contributed by atoms with E-state index in [0.29, 0.717) is 19.3 Å². The van der Waals surface area contributed by atoms with Gasteiger partial charge in [0.25, 0.3) is 0 Å². The van der Waals surface area contributed by atoms with Crippen LogP contribution in [0.25, 0.3) is 10.9 Å². The van der Waals surface area contributed by atoms with Gasteiger partial charge >= 0.3 is 12.0 Å². The molecule has 3 aromatic rings. The number of H-pyrrole nitrogens is 1. The van der Waals surface area contributed by atoms with Crippen LogP contribution in [0.3, 0.4) is 0 Å². The molecule has 4 unspecified atom stereocenters. The Labute approximate surface area is 358 Å². The van der Waals surface area contributed by atoms with E-state index < -0.39 is 89.6 Å². The van der Waals surface area contributed by atoms with Gasteiger partial charge in [-0.25, -0.2) is 9.59 Å². The molecule has 0 radical (unpaired) electrons. The van der Waals surface area contributed by atoms with Crippen LogP contribution < -0.4 is 31.9 Å². The predicted molar refractivity (Wildman–Crippen MR) is 232 cm³/mol. The molecule has 1 aliphatic rings. The number of carbonyl (C=O) groups excluding carboxylic acids is 6. The zero-order valence-corrected chi connectivity index (χ0v) is 36.4. The largest absolute Gasteiger partial charge is 0.480 e. The first kappa shape index (κ1) is 47.7. The Morgan fingerprint density at radius 3 is 2.15 bits per heavy atom. The number of nitrogens with zero attached hydrogens (tertiary/aromatic N) is 1. The molecule has 332 valence electrons. The second-order valence-electron chi connectivity index (χ2n) is 16.9. The van der Waals surface area contributed by atoms with E-state index in [2.05, 4.69) is 36.9 Å². The van der Waals surface area contributed by atoms with Crippen molar-refractivity contribution in [1.29, 1.82) is 0 Å². The monoisotopic (exact) mass is 844 g/mol. The fourth-order valence-electron chi connectivity index (χ4n) is 7.49. The van der Waals surface area contributed by atoms with Crippen molar-refractivity contribution in [2.24, 2.45) is 17.8 Å². The summed E-state index contributed by atoms with van der Waals surface area (Å²) >= 11 is 0. The highest BCUT2D eigenvalue weighted by Crippen LogP contribution is 2.22. The number of para-hydroxylation sites is 1. The number of hydrogen-bond acceptors (Lipinski definition) is 7. The lowest BCUT2D eigenvalue weighted by Crippen LogP contribution is -2.61. The van der Waals surface area contributed by atoms with Gasteiger partial charge in [0.2, 0.25) is 29.5 Å². The van der Waals surface area contributed by atoms with Crippen molar-refractivity contribution in [2.45, 2.75) is 123 Å². The molecule has 7 atom stereocenters. The summed E-state index contributed by atoms with van der Waals surface area (Å²) in [6, 6.07) is 9.21. The number of carbonyl (C=O) groups is 7. The molecule has 0 bridgehead atoms. The predicted octanol–water partition coefficient (Wildman–Crippen LogP) is 3.40. The smallest absolute Gasteiger partial charge is 0.326 e. The van der Waals surface area contributed by atoms with E-state index in [1.165, 1.54) is 11.9 Å². The highest BCUT2D eigenvalue weighted by Gasteiger charge is 2.37. The highest BCUT2D eigenvalue weighted by molar-refractivity contribution is 5.97. The van der Waals surface area contributed by atoms with Crippen molar-refractivity contribution in [1.82, 2.24) is 41.8 Å². The number of aromatic amines is 1. The SMILES string of the molecule is CC[C@H](C)C(NC(=O)NC1CCCCNC(=O)C(Cc2ccccc2)NC(=O)[C@H](Cc2c[nH]c3ccccc23)N(C)C(=O)[C@H](CC(C)C)NC(=O)C(C(C)C)NC1=O)C(=O)O. The van der Waals surface area contributed by atoms with Gasteiger partial charge in [-0.3, -0.25) is 24.0 Å². The van der Waals surface area contributed by atoms with Crippen LogP contribution >= 0.6 is 0 Å². The van der Waals surface area contributed by atoms with Gasteiger partial charge in [-0.1, -0.05) is 96.5 Å². The number of aliphatic carboxylic acids is 1. The van der Waals surface area contributed by atoms with E-state index >= 15 is 0 Å². The minimum atomic E-state index is -1.22.